The van der Waals surface area contributed by atoms with Crippen LogP contribution < -0.4 is 5.32 Å². The Bertz CT molecular complexity index is 370. The van der Waals surface area contributed by atoms with Crippen molar-refractivity contribution in [3.63, 3.8) is 0 Å². The fraction of sp³-hybridized carbons (Fsp3) is 0.667. The van der Waals surface area contributed by atoms with Crippen LogP contribution >= 0.6 is 0 Å². The number of nitrogens with zero attached hydrogens (tertiary/aromatic N) is 2. The number of likely N-dealkylation sites (N-methyl/N-ethyl adjacent to an activating group) is 1. The van der Waals surface area contributed by atoms with Gasteiger partial charge in [0, 0.05) is 12.7 Å². The van der Waals surface area contributed by atoms with Crippen molar-refractivity contribution < 1.29 is 9.90 Å². The molecule has 1 rings (SSSR count). The Labute approximate surface area is 102 Å². The number of nitrogens with one attached hydrogen (secondary N) is 1. The average molecular weight is 239 g/mol. The zero-order valence-electron chi connectivity index (χ0n) is 10.7. The summed E-state index contributed by atoms with van der Waals surface area (Å²) in [6.45, 7) is 4.59. The molecule has 0 amide bonds. The van der Waals surface area contributed by atoms with E-state index in [2.05, 4.69) is 10.4 Å². The minimum atomic E-state index is -0.803. The van der Waals surface area contributed by atoms with Gasteiger partial charge in [-0.1, -0.05) is 6.92 Å². The fourth-order valence-electron chi connectivity index (χ4n) is 1.97. The molecule has 1 atom stereocenters. The van der Waals surface area contributed by atoms with Gasteiger partial charge in [-0.05, 0) is 39.3 Å². The quantitative estimate of drug-likeness (QED) is 0.755. The maximum absolute atomic E-state index is 11.2. The van der Waals surface area contributed by atoms with Gasteiger partial charge in [-0.25, -0.2) is 0 Å². The maximum atomic E-state index is 11.2. The van der Waals surface area contributed by atoms with E-state index in [-0.39, 0.29) is 0 Å². The van der Waals surface area contributed by atoms with Crippen molar-refractivity contribution in [1.29, 1.82) is 0 Å². The van der Waals surface area contributed by atoms with E-state index in [1.54, 1.807) is 7.05 Å². The number of carboxylic acids is 1. The predicted octanol–water partition coefficient (Wildman–Crippen LogP) is 1.42. The van der Waals surface area contributed by atoms with Crippen LogP contribution in [0.1, 0.15) is 31.9 Å². The van der Waals surface area contributed by atoms with Gasteiger partial charge in [-0.2, -0.15) is 5.10 Å². The first-order valence-corrected chi connectivity index (χ1v) is 5.96. The van der Waals surface area contributed by atoms with Gasteiger partial charge >= 0.3 is 5.97 Å². The molecular weight excluding hydrogens is 218 g/mol. The molecule has 0 spiro atoms. The molecule has 0 fully saturated rings. The molecule has 1 aromatic rings. The van der Waals surface area contributed by atoms with Gasteiger partial charge in [0.05, 0.1) is 5.69 Å². The van der Waals surface area contributed by atoms with Crippen molar-refractivity contribution in [2.75, 3.05) is 7.05 Å². The lowest BCUT2D eigenvalue weighted by atomic mass is 9.90. The van der Waals surface area contributed by atoms with Crippen molar-refractivity contribution in [3.05, 3.63) is 18.0 Å². The van der Waals surface area contributed by atoms with Crippen LogP contribution in [0, 0.1) is 6.92 Å². The molecule has 0 aliphatic heterocycles. The Morgan fingerprint density at radius 1 is 1.65 bits per heavy atom. The summed E-state index contributed by atoms with van der Waals surface area (Å²) < 4.78 is 1.85. The number of rotatable bonds is 7. The van der Waals surface area contributed by atoms with E-state index in [1.807, 2.05) is 30.8 Å². The summed E-state index contributed by atoms with van der Waals surface area (Å²) in [6, 6.07) is 1.95. The highest BCUT2D eigenvalue weighted by Crippen LogP contribution is 2.18. The number of aliphatic carboxylic acids is 1. The first-order chi connectivity index (χ1) is 8.04. The summed E-state index contributed by atoms with van der Waals surface area (Å²) in [5.41, 5.74) is 0.181. The van der Waals surface area contributed by atoms with Gasteiger partial charge in [0.2, 0.25) is 0 Å². The molecule has 96 valence electrons. The molecule has 1 unspecified atom stereocenters. The largest absolute Gasteiger partial charge is 0.480 e. The van der Waals surface area contributed by atoms with E-state index in [9.17, 15) is 9.90 Å². The Kier molecular flexibility index (Phi) is 4.69. The Morgan fingerprint density at radius 3 is 2.76 bits per heavy atom. The van der Waals surface area contributed by atoms with E-state index in [1.165, 1.54) is 0 Å². The lowest BCUT2D eigenvalue weighted by molar-refractivity contribution is -0.145. The minimum Gasteiger partial charge on any atom is -0.480 e. The van der Waals surface area contributed by atoms with Crippen LogP contribution in [-0.2, 0) is 11.3 Å². The van der Waals surface area contributed by atoms with Gasteiger partial charge in [0.25, 0.3) is 0 Å². The topological polar surface area (TPSA) is 67.2 Å². The molecule has 5 heteroatoms. The standard InChI is InChI=1S/C12H21N3O2/c1-4-12(13-3,11(16)17)7-5-8-15-9-6-10(2)14-15/h6,9,13H,4-5,7-8H2,1-3H3,(H,16,17). The number of carboxylic acid groups (broad SMARTS) is 1. The Hall–Kier alpha value is -1.36. The lowest BCUT2D eigenvalue weighted by Gasteiger charge is -2.27. The smallest absolute Gasteiger partial charge is 0.323 e. The second-order valence-corrected chi connectivity index (χ2v) is 4.31. The number of aromatic nitrogens is 2. The number of hydrogen-bond donors (Lipinski definition) is 2. The molecule has 1 heterocycles. The van der Waals surface area contributed by atoms with Gasteiger partial charge < -0.3 is 10.4 Å². The molecule has 0 saturated heterocycles. The van der Waals surface area contributed by atoms with E-state index in [4.69, 9.17) is 0 Å². The predicted molar refractivity (Wildman–Crippen MR) is 65.9 cm³/mol. The Morgan fingerprint density at radius 2 is 2.35 bits per heavy atom. The summed E-state index contributed by atoms with van der Waals surface area (Å²) in [4.78, 5) is 11.2. The van der Waals surface area contributed by atoms with Crippen molar-refractivity contribution in [1.82, 2.24) is 15.1 Å². The summed E-state index contributed by atoms with van der Waals surface area (Å²) in [5, 5.41) is 16.4. The highest BCUT2D eigenvalue weighted by atomic mass is 16.4. The zero-order chi connectivity index (χ0) is 12.9. The van der Waals surface area contributed by atoms with Gasteiger partial charge in [0.15, 0.2) is 0 Å². The SMILES string of the molecule is CCC(CCCn1ccc(C)n1)(NC)C(=O)O. The van der Waals surface area contributed by atoms with Crippen LogP contribution in [0.25, 0.3) is 0 Å². The number of hydrogen-bond acceptors (Lipinski definition) is 3. The average Bonchev–Trinajstić information content (AvgIpc) is 2.70. The van der Waals surface area contributed by atoms with E-state index in [0.29, 0.717) is 12.8 Å². The van der Waals surface area contributed by atoms with Crippen molar-refractivity contribution in [2.45, 2.75) is 45.2 Å². The molecule has 5 nitrogen and oxygen atoms in total. The van der Waals surface area contributed by atoms with Crippen molar-refractivity contribution in [3.8, 4) is 0 Å². The van der Waals surface area contributed by atoms with Crippen molar-refractivity contribution >= 4 is 5.97 Å². The number of aryl methyl sites for hydroxylation is 2. The molecule has 17 heavy (non-hydrogen) atoms. The third-order valence-electron chi connectivity index (χ3n) is 3.26. The summed E-state index contributed by atoms with van der Waals surface area (Å²) in [7, 11) is 1.70. The third-order valence-corrected chi connectivity index (χ3v) is 3.26. The molecule has 0 aliphatic rings. The van der Waals surface area contributed by atoms with Crippen LogP contribution in [0.5, 0.6) is 0 Å². The molecule has 1 aromatic heterocycles. The van der Waals surface area contributed by atoms with Gasteiger partial charge in [-0.3, -0.25) is 9.48 Å². The molecule has 0 aromatic carbocycles. The van der Waals surface area contributed by atoms with Crippen molar-refractivity contribution in [2.24, 2.45) is 0 Å². The van der Waals surface area contributed by atoms with E-state index >= 15 is 0 Å². The third kappa shape index (κ3) is 3.30. The molecular formula is C12H21N3O2. The van der Waals surface area contributed by atoms with Crippen LogP contribution in [-0.4, -0.2) is 33.4 Å². The van der Waals surface area contributed by atoms with Gasteiger partial charge in [0.1, 0.15) is 5.54 Å². The first-order valence-electron chi connectivity index (χ1n) is 5.96. The molecule has 0 aliphatic carbocycles. The van der Waals surface area contributed by atoms with Crippen LogP contribution in [0.15, 0.2) is 12.3 Å². The number of carbonyl (C=O) groups is 1. The molecule has 0 bridgehead atoms. The van der Waals surface area contributed by atoms with E-state index in [0.717, 1.165) is 18.7 Å². The molecule has 2 N–H and O–H groups in total. The van der Waals surface area contributed by atoms with Gasteiger partial charge in [-0.15, -0.1) is 0 Å². The Balaban J connectivity index is 2.50. The highest BCUT2D eigenvalue weighted by Gasteiger charge is 2.34. The maximum Gasteiger partial charge on any atom is 0.323 e. The monoisotopic (exact) mass is 239 g/mol. The van der Waals surface area contributed by atoms with Crippen LogP contribution in [0.2, 0.25) is 0 Å². The second kappa shape index (κ2) is 5.82. The summed E-state index contributed by atoms with van der Waals surface area (Å²) in [6.07, 6.45) is 3.90. The zero-order valence-corrected chi connectivity index (χ0v) is 10.7. The van der Waals surface area contributed by atoms with Crippen LogP contribution in [0.4, 0.5) is 0 Å². The highest BCUT2D eigenvalue weighted by molar-refractivity contribution is 5.78. The molecule has 0 radical (unpaired) electrons. The normalized spacial score (nSPS) is 14.5. The summed E-state index contributed by atoms with van der Waals surface area (Å²) in [5.74, 6) is -0.779. The fourth-order valence-corrected chi connectivity index (χ4v) is 1.97. The molecule has 0 saturated carbocycles. The van der Waals surface area contributed by atoms with E-state index < -0.39 is 11.5 Å². The first kappa shape index (κ1) is 13.7. The lowest BCUT2D eigenvalue weighted by Crippen LogP contribution is -2.49. The van der Waals surface area contributed by atoms with Crippen LogP contribution in [0.3, 0.4) is 0 Å². The summed E-state index contributed by atoms with van der Waals surface area (Å²) >= 11 is 0. The minimum absolute atomic E-state index is 0.580. The second-order valence-electron chi connectivity index (χ2n) is 4.31.